The van der Waals surface area contributed by atoms with Crippen molar-refractivity contribution in [2.45, 2.75) is 40.2 Å². The molecule has 1 aromatic carbocycles. The highest BCUT2D eigenvalue weighted by Crippen LogP contribution is 2.27. The number of nitrogens with zero attached hydrogens (tertiary/aromatic N) is 1. The summed E-state index contributed by atoms with van der Waals surface area (Å²) in [6, 6.07) is 8.22. The number of hydrogen-bond acceptors (Lipinski definition) is 3. The molecule has 96 valence electrons. The molecule has 0 N–H and O–H groups in total. The summed E-state index contributed by atoms with van der Waals surface area (Å²) in [6.45, 7) is 9.05. The molecule has 18 heavy (non-hydrogen) atoms. The van der Waals surface area contributed by atoms with Crippen molar-refractivity contribution < 1.29 is 4.74 Å². The van der Waals surface area contributed by atoms with Gasteiger partial charge in [0, 0.05) is 4.88 Å². The number of aryl methyl sites for hydroxylation is 2. The van der Waals surface area contributed by atoms with E-state index in [1.54, 1.807) is 11.3 Å². The molecule has 0 unspecified atom stereocenters. The molecular formula is C15H19NOS. The number of hydrogen-bond donors (Lipinski definition) is 0. The molecule has 0 fully saturated rings. The third-order valence-corrected chi connectivity index (χ3v) is 4.01. The highest BCUT2D eigenvalue weighted by Gasteiger charge is 2.09. The Morgan fingerprint density at radius 1 is 1.22 bits per heavy atom. The molecule has 0 aliphatic carbocycles. The summed E-state index contributed by atoms with van der Waals surface area (Å²) in [7, 11) is 0. The molecule has 1 aromatic heterocycles. The van der Waals surface area contributed by atoms with Crippen LogP contribution in [0.5, 0.6) is 5.75 Å². The summed E-state index contributed by atoms with van der Waals surface area (Å²) in [5, 5.41) is 1.04. The van der Waals surface area contributed by atoms with Crippen molar-refractivity contribution >= 4 is 11.3 Å². The molecule has 0 aliphatic rings. The van der Waals surface area contributed by atoms with E-state index in [4.69, 9.17) is 4.74 Å². The van der Waals surface area contributed by atoms with Gasteiger partial charge < -0.3 is 4.74 Å². The smallest absolute Gasteiger partial charge is 0.140 e. The van der Waals surface area contributed by atoms with E-state index in [9.17, 15) is 0 Å². The number of aromatic nitrogens is 1. The highest BCUT2D eigenvalue weighted by atomic mass is 32.1. The number of rotatable bonds is 4. The van der Waals surface area contributed by atoms with Gasteiger partial charge in [-0.1, -0.05) is 32.0 Å². The predicted molar refractivity (Wildman–Crippen MR) is 76.5 cm³/mol. The summed E-state index contributed by atoms with van der Waals surface area (Å²) in [5.41, 5.74) is 2.36. The van der Waals surface area contributed by atoms with Gasteiger partial charge in [-0.15, -0.1) is 11.3 Å². The Morgan fingerprint density at radius 2 is 1.94 bits per heavy atom. The lowest BCUT2D eigenvalue weighted by Gasteiger charge is -2.12. The zero-order valence-electron chi connectivity index (χ0n) is 11.4. The maximum atomic E-state index is 5.90. The lowest BCUT2D eigenvalue weighted by Crippen LogP contribution is -1.99. The summed E-state index contributed by atoms with van der Waals surface area (Å²) < 4.78 is 5.90. The minimum Gasteiger partial charge on any atom is -0.486 e. The second kappa shape index (κ2) is 5.53. The average Bonchev–Trinajstić information content (AvgIpc) is 2.66. The zero-order valence-corrected chi connectivity index (χ0v) is 12.2. The van der Waals surface area contributed by atoms with E-state index in [2.05, 4.69) is 37.9 Å². The van der Waals surface area contributed by atoms with E-state index in [0.717, 1.165) is 16.5 Å². The first-order chi connectivity index (χ1) is 8.58. The molecule has 2 nitrogen and oxygen atoms in total. The van der Waals surface area contributed by atoms with Crippen molar-refractivity contribution in [3.63, 3.8) is 0 Å². The lowest BCUT2D eigenvalue weighted by molar-refractivity contribution is 0.301. The summed E-state index contributed by atoms with van der Waals surface area (Å²) in [4.78, 5) is 5.76. The van der Waals surface area contributed by atoms with Crippen molar-refractivity contribution in [3.8, 4) is 5.75 Å². The second-order valence-electron chi connectivity index (χ2n) is 4.73. The molecule has 1 heterocycles. The molecule has 2 rings (SSSR count). The Labute approximate surface area is 113 Å². The van der Waals surface area contributed by atoms with Gasteiger partial charge in [-0.2, -0.15) is 0 Å². The van der Waals surface area contributed by atoms with E-state index in [0.29, 0.717) is 12.5 Å². The van der Waals surface area contributed by atoms with Crippen molar-refractivity contribution in [2.24, 2.45) is 0 Å². The first-order valence-electron chi connectivity index (χ1n) is 6.22. The first kappa shape index (κ1) is 13.1. The van der Waals surface area contributed by atoms with Gasteiger partial charge in [0.2, 0.25) is 0 Å². The minimum absolute atomic E-state index is 0.473. The molecule has 3 heteroatoms. The highest BCUT2D eigenvalue weighted by molar-refractivity contribution is 7.11. The molecule has 0 radical (unpaired) electrons. The molecule has 0 spiro atoms. The van der Waals surface area contributed by atoms with Crippen LogP contribution in [0.4, 0.5) is 0 Å². The van der Waals surface area contributed by atoms with Crippen LogP contribution in [-0.2, 0) is 6.61 Å². The van der Waals surface area contributed by atoms with Gasteiger partial charge >= 0.3 is 0 Å². The quantitative estimate of drug-likeness (QED) is 0.810. The number of benzene rings is 1. The first-order valence-corrected chi connectivity index (χ1v) is 7.04. The second-order valence-corrected chi connectivity index (χ2v) is 6.02. The maximum absolute atomic E-state index is 5.90. The van der Waals surface area contributed by atoms with Crippen LogP contribution < -0.4 is 4.74 Å². The van der Waals surface area contributed by atoms with Crippen molar-refractivity contribution in [2.75, 3.05) is 0 Å². The largest absolute Gasteiger partial charge is 0.486 e. The van der Waals surface area contributed by atoms with E-state index >= 15 is 0 Å². The van der Waals surface area contributed by atoms with Crippen LogP contribution in [0.2, 0.25) is 0 Å². The Bertz CT molecular complexity index is 512. The molecule has 0 saturated heterocycles. The Hall–Kier alpha value is -1.35. The number of ether oxygens (including phenoxy) is 1. The van der Waals surface area contributed by atoms with E-state index < -0.39 is 0 Å². The van der Waals surface area contributed by atoms with E-state index in [1.807, 2.05) is 19.1 Å². The van der Waals surface area contributed by atoms with Crippen molar-refractivity contribution in [1.82, 2.24) is 4.98 Å². The third kappa shape index (κ3) is 2.91. The zero-order chi connectivity index (χ0) is 13.1. The summed E-state index contributed by atoms with van der Waals surface area (Å²) in [5.74, 6) is 1.44. The van der Waals surface area contributed by atoms with Crippen molar-refractivity contribution in [1.29, 1.82) is 0 Å². The molecule has 0 saturated carbocycles. The van der Waals surface area contributed by atoms with Crippen LogP contribution in [0.1, 0.15) is 40.9 Å². The number of para-hydroxylation sites is 1. The van der Waals surface area contributed by atoms with Crippen LogP contribution in [0.3, 0.4) is 0 Å². The van der Waals surface area contributed by atoms with Gasteiger partial charge in [-0.3, -0.25) is 0 Å². The molecule has 0 bridgehead atoms. The monoisotopic (exact) mass is 261 g/mol. The summed E-state index contributed by atoms with van der Waals surface area (Å²) >= 11 is 1.71. The normalized spacial score (nSPS) is 10.9. The fraction of sp³-hybridized carbons (Fsp3) is 0.400. The van der Waals surface area contributed by atoms with Crippen LogP contribution >= 0.6 is 11.3 Å². The maximum Gasteiger partial charge on any atom is 0.140 e. The van der Waals surface area contributed by atoms with Crippen LogP contribution in [0.15, 0.2) is 24.3 Å². The molecule has 0 atom stereocenters. The van der Waals surface area contributed by atoms with Gasteiger partial charge in [0.05, 0.1) is 5.69 Å². The Balaban J connectivity index is 2.10. The number of thiazole rings is 1. The van der Waals surface area contributed by atoms with Crippen LogP contribution in [0, 0.1) is 13.8 Å². The average molecular weight is 261 g/mol. The standard InChI is InChI=1S/C15H19NOS/c1-10(2)13-7-5-6-8-14(13)17-9-15-16-11(3)12(4)18-15/h5-8,10H,9H2,1-4H3. The predicted octanol–water partition coefficient (Wildman–Crippen LogP) is 4.46. The lowest BCUT2D eigenvalue weighted by atomic mass is 10.0. The summed E-state index contributed by atoms with van der Waals surface area (Å²) in [6.07, 6.45) is 0. The molecule has 0 aliphatic heterocycles. The fourth-order valence-corrected chi connectivity index (χ4v) is 2.68. The van der Waals surface area contributed by atoms with Gasteiger partial charge in [0.25, 0.3) is 0 Å². The van der Waals surface area contributed by atoms with Gasteiger partial charge in [-0.25, -0.2) is 4.98 Å². The minimum atomic E-state index is 0.473. The topological polar surface area (TPSA) is 22.1 Å². The Morgan fingerprint density at radius 3 is 2.56 bits per heavy atom. The SMILES string of the molecule is Cc1nc(COc2ccccc2C(C)C)sc1C. The molecule has 2 aromatic rings. The van der Waals surface area contributed by atoms with Crippen molar-refractivity contribution in [3.05, 3.63) is 45.4 Å². The van der Waals surface area contributed by atoms with Gasteiger partial charge in [0.15, 0.2) is 0 Å². The fourth-order valence-electron chi connectivity index (χ4n) is 1.83. The van der Waals surface area contributed by atoms with Gasteiger partial charge in [0.1, 0.15) is 17.4 Å². The molecule has 0 amide bonds. The molecular weight excluding hydrogens is 242 g/mol. The van der Waals surface area contributed by atoms with E-state index in [-0.39, 0.29) is 0 Å². The third-order valence-electron chi connectivity index (χ3n) is 2.96. The van der Waals surface area contributed by atoms with Crippen LogP contribution in [0.25, 0.3) is 0 Å². The van der Waals surface area contributed by atoms with Gasteiger partial charge in [-0.05, 0) is 31.4 Å². The van der Waals surface area contributed by atoms with Crippen LogP contribution in [-0.4, -0.2) is 4.98 Å². The Kier molecular flexibility index (Phi) is 4.02. The van der Waals surface area contributed by atoms with E-state index in [1.165, 1.54) is 10.4 Å².